The molecule has 1 saturated heterocycles. The van der Waals surface area contributed by atoms with Gasteiger partial charge in [-0.15, -0.1) is 0 Å². The summed E-state index contributed by atoms with van der Waals surface area (Å²) in [7, 11) is 0. The van der Waals surface area contributed by atoms with Crippen LogP contribution in [0, 0.1) is 11.3 Å². The molecule has 2 fully saturated rings. The molecule has 4 rings (SSSR count). The summed E-state index contributed by atoms with van der Waals surface area (Å²) in [6, 6.07) is 15.7. The van der Waals surface area contributed by atoms with Crippen molar-refractivity contribution < 1.29 is 14.6 Å². The molecule has 1 heterocycles. The van der Waals surface area contributed by atoms with E-state index in [0.717, 1.165) is 23.5 Å². The van der Waals surface area contributed by atoms with E-state index in [1.165, 1.54) is 51.7 Å². The number of nitrogens with zero attached hydrogens (tertiary/aromatic N) is 1. The summed E-state index contributed by atoms with van der Waals surface area (Å²) >= 11 is 0. The molecule has 1 saturated carbocycles. The third kappa shape index (κ3) is 5.90. The summed E-state index contributed by atoms with van der Waals surface area (Å²) in [5.74, 6) is 1.39. The van der Waals surface area contributed by atoms with E-state index in [0.29, 0.717) is 16.9 Å². The normalized spacial score (nSPS) is 18.7. The van der Waals surface area contributed by atoms with Crippen LogP contribution in [0.25, 0.3) is 11.1 Å². The standard InChI is InChI=1S/C27H36N2O3/c1-27(13-2-14-27)20-29-16-11-21(12-17-29)19-32-25-9-7-23(8-10-25)22-3-5-24(6-4-22)26(31)28-15-18-30/h3-10,21,30H,2,11-20H2,1H3,(H,28,31). The van der Waals surface area contributed by atoms with E-state index in [1.807, 2.05) is 36.4 Å². The lowest BCUT2D eigenvalue weighted by Gasteiger charge is -2.44. The number of piperidine rings is 1. The number of ether oxygens (including phenoxy) is 1. The number of nitrogens with one attached hydrogen (secondary N) is 1. The third-order valence-corrected chi connectivity index (χ3v) is 7.09. The molecule has 2 N–H and O–H groups in total. The highest BCUT2D eigenvalue weighted by molar-refractivity contribution is 5.94. The largest absolute Gasteiger partial charge is 0.493 e. The molecule has 1 aliphatic heterocycles. The number of aliphatic hydroxyl groups is 1. The van der Waals surface area contributed by atoms with Crippen LogP contribution in [0.1, 0.15) is 49.4 Å². The minimum absolute atomic E-state index is 0.0586. The van der Waals surface area contributed by atoms with E-state index in [9.17, 15) is 4.79 Å². The fourth-order valence-electron chi connectivity index (χ4n) is 4.83. The van der Waals surface area contributed by atoms with Gasteiger partial charge in [-0.2, -0.15) is 0 Å². The third-order valence-electron chi connectivity index (χ3n) is 7.09. The average molecular weight is 437 g/mol. The van der Waals surface area contributed by atoms with Crippen LogP contribution in [0.3, 0.4) is 0 Å². The van der Waals surface area contributed by atoms with Crippen molar-refractivity contribution in [1.29, 1.82) is 0 Å². The van der Waals surface area contributed by atoms with Crippen molar-refractivity contribution in [3.05, 3.63) is 54.1 Å². The van der Waals surface area contributed by atoms with Gasteiger partial charge in [-0.25, -0.2) is 0 Å². The summed E-state index contributed by atoms with van der Waals surface area (Å²) in [6.45, 7) is 7.13. The van der Waals surface area contributed by atoms with Crippen LogP contribution in [0.2, 0.25) is 0 Å². The van der Waals surface area contributed by atoms with Crippen molar-refractivity contribution in [1.82, 2.24) is 10.2 Å². The minimum Gasteiger partial charge on any atom is -0.493 e. The quantitative estimate of drug-likeness (QED) is 0.613. The molecule has 2 aliphatic rings. The Morgan fingerprint density at radius 2 is 1.69 bits per heavy atom. The molecule has 0 spiro atoms. The molecule has 0 aromatic heterocycles. The second-order valence-electron chi connectivity index (χ2n) is 9.78. The molecule has 2 aromatic rings. The molecule has 5 nitrogen and oxygen atoms in total. The molecule has 172 valence electrons. The lowest BCUT2D eigenvalue weighted by atomic mass is 9.70. The lowest BCUT2D eigenvalue weighted by Crippen LogP contribution is -2.44. The van der Waals surface area contributed by atoms with Crippen molar-refractivity contribution in [2.45, 2.75) is 39.0 Å². The van der Waals surface area contributed by atoms with Crippen LogP contribution >= 0.6 is 0 Å². The van der Waals surface area contributed by atoms with E-state index in [4.69, 9.17) is 9.84 Å². The Hall–Kier alpha value is -2.37. The van der Waals surface area contributed by atoms with Gasteiger partial charge in [0, 0.05) is 18.7 Å². The number of aliphatic hydroxyl groups excluding tert-OH is 1. The van der Waals surface area contributed by atoms with E-state index in [2.05, 4.69) is 29.3 Å². The van der Waals surface area contributed by atoms with Crippen LogP contribution in [-0.2, 0) is 0 Å². The molecular weight excluding hydrogens is 400 g/mol. The maximum Gasteiger partial charge on any atom is 0.251 e. The first-order chi connectivity index (χ1) is 15.5. The number of rotatable bonds is 9. The Morgan fingerprint density at radius 3 is 2.25 bits per heavy atom. The van der Waals surface area contributed by atoms with Crippen LogP contribution in [0.4, 0.5) is 0 Å². The number of carbonyl (C=O) groups is 1. The van der Waals surface area contributed by atoms with Gasteiger partial charge in [0.1, 0.15) is 5.75 Å². The van der Waals surface area contributed by atoms with Crippen molar-refractivity contribution in [3.63, 3.8) is 0 Å². The fraction of sp³-hybridized carbons (Fsp3) is 0.519. The predicted molar refractivity (Wildman–Crippen MR) is 128 cm³/mol. The van der Waals surface area contributed by atoms with Gasteiger partial charge in [0.05, 0.1) is 13.2 Å². The first-order valence-electron chi connectivity index (χ1n) is 12.0. The van der Waals surface area contributed by atoms with Crippen LogP contribution < -0.4 is 10.1 Å². The number of amides is 1. The van der Waals surface area contributed by atoms with Gasteiger partial charge in [0.2, 0.25) is 0 Å². The van der Waals surface area contributed by atoms with E-state index in [-0.39, 0.29) is 19.1 Å². The zero-order chi connectivity index (χ0) is 22.4. The Kier molecular flexibility index (Phi) is 7.48. The predicted octanol–water partition coefficient (Wildman–Crippen LogP) is 4.36. The fourth-order valence-corrected chi connectivity index (χ4v) is 4.83. The number of carbonyl (C=O) groups excluding carboxylic acids is 1. The first-order valence-corrected chi connectivity index (χ1v) is 12.0. The SMILES string of the molecule is CC1(CN2CCC(COc3ccc(-c4ccc(C(=O)NCCO)cc4)cc3)CC2)CCC1. The zero-order valence-corrected chi connectivity index (χ0v) is 19.2. The maximum atomic E-state index is 12.0. The van der Waals surface area contributed by atoms with Crippen molar-refractivity contribution in [2.24, 2.45) is 11.3 Å². The summed E-state index contributed by atoms with van der Waals surface area (Å²) in [5.41, 5.74) is 3.33. The summed E-state index contributed by atoms with van der Waals surface area (Å²) < 4.78 is 6.10. The number of hydrogen-bond acceptors (Lipinski definition) is 4. The molecule has 0 radical (unpaired) electrons. The highest BCUT2D eigenvalue weighted by Gasteiger charge is 2.34. The van der Waals surface area contributed by atoms with Crippen molar-refractivity contribution in [2.75, 3.05) is 39.4 Å². The molecule has 0 bridgehead atoms. The Bertz CT molecular complexity index is 867. The molecule has 1 amide bonds. The minimum atomic E-state index is -0.169. The Labute approximate surface area is 191 Å². The van der Waals surface area contributed by atoms with Gasteiger partial charge in [-0.05, 0) is 85.5 Å². The van der Waals surface area contributed by atoms with Gasteiger partial charge in [-0.1, -0.05) is 37.6 Å². The zero-order valence-electron chi connectivity index (χ0n) is 19.2. The monoisotopic (exact) mass is 436 g/mol. The molecular formula is C27H36N2O3. The lowest BCUT2D eigenvalue weighted by molar-refractivity contribution is 0.0564. The molecule has 5 heteroatoms. The molecule has 0 unspecified atom stereocenters. The van der Waals surface area contributed by atoms with E-state index >= 15 is 0 Å². The highest BCUT2D eigenvalue weighted by Crippen LogP contribution is 2.41. The molecule has 2 aromatic carbocycles. The molecule has 1 aliphatic carbocycles. The van der Waals surface area contributed by atoms with Gasteiger partial charge in [-0.3, -0.25) is 4.79 Å². The van der Waals surface area contributed by atoms with Gasteiger partial charge in [0.25, 0.3) is 5.91 Å². The second kappa shape index (κ2) is 10.5. The Balaban J connectivity index is 1.22. The van der Waals surface area contributed by atoms with Gasteiger partial charge in [0.15, 0.2) is 0 Å². The number of benzene rings is 2. The second-order valence-corrected chi connectivity index (χ2v) is 9.78. The highest BCUT2D eigenvalue weighted by atomic mass is 16.5. The Morgan fingerprint density at radius 1 is 1.06 bits per heavy atom. The summed E-state index contributed by atoms with van der Waals surface area (Å²) in [5, 5.41) is 11.5. The first kappa shape index (κ1) is 22.8. The van der Waals surface area contributed by atoms with Crippen LogP contribution in [0.15, 0.2) is 48.5 Å². The molecule has 32 heavy (non-hydrogen) atoms. The maximum absolute atomic E-state index is 12.0. The number of hydrogen-bond donors (Lipinski definition) is 2. The average Bonchev–Trinajstić information content (AvgIpc) is 2.81. The smallest absolute Gasteiger partial charge is 0.251 e. The number of likely N-dealkylation sites (tertiary alicyclic amines) is 1. The topological polar surface area (TPSA) is 61.8 Å². The van der Waals surface area contributed by atoms with E-state index < -0.39 is 0 Å². The van der Waals surface area contributed by atoms with Gasteiger partial charge >= 0.3 is 0 Å². The van der Waals surface area contributed by atoms with Crippen LogP contribution in [0.5, 0.6) is 5.75 Å². The summed E-state index contributed by atoms with van der Waals surface area (Å²) in [4.78, 5) is 14.6. The van der Waals surface area contributed by atoms with Gasteiger partial charge < -0.3 is 20.1 Å². The molecule has 0 atom stereocenters. The van der Waals surface area contributed by atoms with Crippen molar-refractivity contribution in [3.8, 4) is 16.9 Å². The summed E-state index contributed by atoms with van der Waals surface area (Å²) in [6.07, 6.45) is 6.67. The van der Waals surface area contributed by atoms with Crippen LogP contribution in [-0.4, -0.2) is 55.3 Å². The van der Waals surface area contributed by atoms with Crippen molar-refractivity contribution >= 4 is 5.91 Å². The van der Waals surface area contributed by atoms with E-state index in [1.54, 1.807) is 0 Å².